The van der Waals surface area contributed by atoms with E-state index >= 15 is 0 Å². The van der Waals surface area contributed by atoms with Crippen LogP contribution in [-0.2, 0) is 20.4 Å². The van der Waals surface area contributed by atoms with Crippen LogP contribution in [0.4, 0.5) is 17.1 Å². The lowest BCUT2D eigenvalue weighted by Gasteiger charge is -2.31. The molecule has 0 radical (unpaired) electrons. The van der Waals surface area contributed by atoms with Gasteiger partial charge >= 0.3 is 0 Å². The summed E-state index contributed by atoms with van der Waals surface area (Å²) in [5.41, 5.74) is 14.5. The van der Waals surface area contributed by atoms with Gasteiger partial charge < -0.3 is 41.0 Å². The molecule has 6 N–H and O–H groups in total. The van der Waals surface area contributed by atoms with Gasteiger partial charge in [-0.1, -0.05) is 50.2 Å². The van der Waals surface area contributed by atoms with Gasteiger partial charge in [0.2, 0.25) is 11.6 Å². The zero-order valence-corrected chi connectivity index (χ0v) is 34.0. The number of methoxy groups -OCH3 is 1. The molecule has 3 aliphatic rings. The predicted octanol–water partition coefficient (Wildman–Crippen LogP) is 5.10. The van der Waals surface area contributed by atoms with E-state index in [0.29, 0.717) is 39.6 Å². The van der Waals surface area contributed by atoms with Gasteiger partial charge in [-0.05, 0) is 44.5 Å². The van der Waals surface area contributed by atoms with Crippen LogP contribution in [-0.4, -0.2) is 85.5 Å². The Kier molecular flexibility index (Phi) is 12.2. The number of ether oxygens (including phenoxy) is 2. The minimum absolute atomic E-state index is 0.0886. The highest BCUT2D eigenvalue weighted by atomic mass is 32.1. The maximum Gasteiger partial charge on any atom is 0.243 e. The number of nitrogens with zero attached hydrogens (tertiary/aromatic N) is 2. The van der Waals surface area contributed by atoms with Gasteiger partial charge in [-0.25, -0.2) is 0 Å². The number of nitrogens with one attached hydrogen (secondary N) is 2. The molecule has 2 unspecified atom stereocenters. The van der Waals surface area contributed by atoms with Crippen LogP contribution in [0.3, 0.4) is 0 Å². The molecule has 2 atom stereocenters. The topological polar surface area (TPSA) is 149 Å². The fourth-order valence-electron chi connectivity index (χ4n) is 7.73. The number of rotatable bonds is 12. The number of benzene rings is 3. The van der Waals surface area contributed by atoms with Crippen molar-refractivity contribution < 1.29 is 33.9 Å². The van der Waals surface area contributed by atoms with E-state index in [2.05, 4.69) is 84.7 Å². The quantitative estimate of drug-likeness (QED) is 0.0487. The molecule has 0 bridgehead atoms. The van der Waals surface area contributed by atoms with Crippen LogP contribution < -0.4 is 30.7 Å². The third-order valence-corrected chi connectivity index (χ3v) is 11.1. The van der Waals surface area contributed by atoms with Crippen LogP contribution >= 0.6 is 12.6 Å². The number of carbonyl (C=O) groups is 2. The molecule has 0 saturated carbocycles. The molecular formula is C43H54N5O6S+. The van der Waals surface area contributed by atoms with E-state index in [4.69, 9.17) is 20.3 Å². The van der Waals surface area contributed by atoms with E-state index in [-0.39, 0.29) is 41.4 Å². The maximum atomic E-state index is 14.2. The first-order chi connectivity index (χ1) is 26.1. The van der Waals surface area contributed by atoms with E-state index in [1.807, 2.05) is 50.5 Å². The minimum Gasteiger partial charge on any atom is -0.493 e. The first kappa shape index (κ1) is 41.1. The summed E-state index contributed by atoms with van der Waals surface area (Å²) in [6.07, 6.45) is 3.17. The molecule has 292 valence electrons. The number of thiol groups is 1. The number of hydrogen-bond donors (Lipinski definition) is 6. The Hall–Kier alpha value is -5.04. The van der Waals surface area contributed by atoms with Crippen molar-refractivity contribution in [3.8, 4) is 11.5 Å². The molecule has 0 saturated heterocycles. The Bertz CT molecular complexity index is 2120. The largest absolute Gasteiger partial charge is 0.493 e. The Labute approximate surface area is 329 Å². The number of aliphatic hydroxyl groups is 2. The van der Waals surface area contributed by atoms with Crippen LogP contribution in [0.5, 0.6) is 11.5 Å². The Morgan fingerprint density at radius 1 is 1.02 bits per heavy atom. The summed E-state index contributed by atoms with van der Waals surface area (Å²) >= 11 is 4.55. The van der Waals surface area contributed by atoms with E-state index in [1.165, 1.54) is 18.2 Å². The molecule has 11 nitrogen and oxygen atoms in total. The smallest absolute Gasteiger partial charge is 0.243 e. The summed E-state index contributed by atoms with van der Waals surface area (Å²) in [5, 5.41) is 23.4. The second-order valence-electron chi connectivity index (χ2n) is 14.8. The average Bonchev–Trinajstić information content (AvgIpc) is 3.49. The van der Waals surface area contributed by atoms with Crippen molar-refractivity contribution in [2.24, 2.45) is 0 Å². The molecule has 0 fully saturated rings. The summed E-state index contributed by atoms with van der Waals surface area (Å²) < 4.78 is 13.5. The van der Waals surface area contributed by atoms with Crippen molar-refractivity contribution in [3.63, 3.8) is 0 Å². The van der Waals surface area contributed by atoms with Gasteiger partial charge in [0.25, 0.3) is 0 Å². The Balaban J connectivity index is 0.00000285. The van der Waals surface area contributed by atoms with Crippen LogP contribution in [0.2, 0.25) is 0 Å². The maximum absolute atomic E-state index is 14.2. The number of ketones is 1. The number of likely N-dealkylation sites (N-methyl/N-ethyl adjacent to an activating group) is 1. The number of anilines is 2. The monoisotopic (exact) mass is 768 g/mol. The fourth-order valence-corrected chi connectivity index (χ4v) is 7.99. The lowest BCUT2D eigenvalue weighted by Crippen LogP contribution is -2.49. The first-order valence-electron chi connectivity index (χ1n) is 18.3. The van der Waals surface area contributed by atoms with Crippen molar-refractivity contribution in [1.82, 2.24) is 10.6 Å². The molecule has 2 aliphatic heterocycles. The third kappa shape index (κ3) is 7.50. The van der Waals surface area contributed by atoms with E-state index < -0.39 is 12.1 Å². The number of nitrogen functional groups attached to an aromatic ring is 1. The number of fused-ring (bicyclic) bond motifs is 2. The Morgan fingerprint density at radius 2 is 1.67 bits per heavy atom. The third-order valence-electron chi connectivity index (χ3n) is 10.8. The number of hydrogen-bond acceptors (Lipinski definition) is 10. The number of nitrogens with two attached hydrogens (primary N) is 1. The molecular weight excluding hydrogens is 715 g/mol. The van der Waals surface area contributed by atoms with Gasteiger partial charge in [-0.15, -0.1) is 0 Å². The van der Waals surface area contributed by atoms with E-state index in [1.54, 1.807) is 19.1 Å². The van der Waals surface area contributed by atoms with E-state index in [0.717, 1.165) is 29.9 Å². The SMILES string of the molecule is CO.COc1cc(C(C)O)c(N)cc1OCCNC(=O)C(CS)NC1=C(/C=C2/N(C)c3ccccc3C2(C)C)C(=O)/C1=C\C1=[N+](C)c2ccccc2C1(C)C. The second kappa shape index (κ2) is 16.4. The number of amides is 1. The van der Waals surface area contributed by atoms with Crippen molar-refractivity contribution in [2.75, 3.05) is 57.9 Å². The molecule has 1 amide bonds. The van der Waals surface area contributed by atoms with Crippen LogP contribution in [0.25, 0.3) is 0 Å². The summed E-state index contributed by atoms with van der Waals surface area (Å²) in [6.45, 7) is 10.6. The molecule has 0 spiro atoms. The predicted molar refractivity (Wildman–Crippen MR) is 222 cm³/mol. The minimum atomic E-state index is -0.765. The van der Waals surface area contributed by atoms with Crippen LogP contribution in [0.15, 0.2) is 95.4 Å². The summed E-state index contributed by atoms with van der Waals surface area (Å²) in [5.74, 6) is 0.627. The number of para-hydroxylation sites is 2. The molecule has 3 aromatic carbocycles. The Morgan fingerprint density at radius 3 is 2.29 bits per heavy atom. The van der Waals surface area contributed by atoms with Gasteiger partial charge in [0.15, 0.2) is 23.0 Å². The lowest BCUT2D eigenvalue weighted by molar-refractivity contribution is -0.401. The first-order valence-corrected chi connectivity index (χ1v) is 18.9. The van der Waals surface area contributed by atoms with Crippen molar-refractivity contribution in [2.45, 2.75) is 57.6 Å². The number of allylic oxidation sites excluding steroid dienone is 5. The normalized spacial score (nSPS) is 19.0. The van der Waals surface area contributed by atoms with Crippen molar-refractivity contribution in [1.29, 1.82) is 0 Å². The zero-order valence-electron chi connectivity index (χ0n) is 33.2. The van der Waals surface area contributed by atoms with Crippen LogP contribution in [0, 0.1) is 0 Å². The number of carbonyl (C=O) groups excluding carboxylic acids is 2. The highest BCUT2D eigenvalue weighted by molar-refractivity contribution is 7.80. The number of aliphatic hydroxyl groups excluding tert-OH is 2. The van der Waals surface area contributed by atoms with Gasteiger partial charge in [0.1, 0.15) is 19.7 Å². The van der Waals surface area contributed by atoms with Gasteiger partial charge in [0, 0.05) is 77.3 Å². The summed E-state index contributed by atoms with van der Waals surface area (Å²) in [6, 6.07) is 19.0. The zero-order chi connectivity index (χ0) is 40.4. The van der Waals surface area contributed by atoms with Gasteiger partial charge in [-0.2, -0.15) is 17.2 Å². The average molecular weight is 769 g/mol. The molecule has 12 heteroatoms. The van der Waals surface area contributed by atoms with Crippen molar-refractivity contribution >= 4 is 47.1 Å². The lowest BCUT2D eigenvalue weighted by atomic mass is 9.77. The van der Waals surface area contributed by atoms with Crippen LogP contribution in [0.1, 0.15) is 57.4 Å². The highest BCUT2D eigenvalue weighted by Gasteiger charge is 2.46. The molecule has 6 rings (SSSR count). The molecule has 1 aliphatic carbocycles. The molecule has 0 aromatic heterocycles. The summed E-state index contributed by atoms with van der Waals surface area (Å²) in [4.78, 5) is 30.0. The molecule has 3 aromatic rings. The molecule has 2 heterocycles. The fraction of sp³-hybridized carbons (Fsp3) is 0.372. The number of Topliss-reactive ketones (excluding diaryl/α,β-unsaturated/α-hetero) is 1. The standard InChI is InChI=1S/C42H49N5O5S.CH4O/c1-24(48)25-19-34(51-8)35(22-30(25)43)52-18-17-44-40(50)31(23-53)45-38-26(20-36-41(2,3)28-13-9-11-15-32(28)46(36)6)39(49)27(38)21-37-42(4,5)29-14-10-12-16-33(29)47(37)7;1-2/h9-16,19-22,24,31,45,48H,17-18,23,43H2,1-8H3,(H-,44,50,53);2H,1H3/p+1. The van der Waals surface area contributed by atoms with E-state index in [9.17, 15) is 14.7 Å². The highest BCUT2D eigenvalue weighted by Crippen LogP contribution is 2.48. The van der Waals surface area contributed by atoms with Gasteiger partial charge in [0.05, 0.1) is 36.4 Å². The molecule has 55 heavy (non-hydrogen) atoms. The second-order valence-corrected chi connectivity index (χ2v) is 15.2. The van der Waals surface area contributed by atoms with Crippen molar-refractivity contribution in [3.05, 3.63) is 112 Å². The summed E-state index contributed by atoms with van der Waals surface area (Å²) in [7, 11) is 6.55. The van der Waals surface area contributed by atoms with Gasteiger partial charge in [-0.3, -0.25) is 9.59 Å².